The van der Waals surface area contributed by atoms with Crippen molar-refractivity contribution in [3.8, 4) is 11.8 Å². The maximum Gasteiger partial charge on any atom is 0.321 e. The molecule has 0 fully saturated rings. The minimum Gasteiger partial charge on any atom is -0.424 e. The van der Waals surface area contributed by atoms with E-state index >= 15 is 0 Å². The maximum absolute atomic E-state index is 5.61. The van der Waals surface area contributed by atoms with Crippen LogP contribution in [0.25, 0.3) is 0 Å². The summed E-state index contributed by atoms with van der Waals surface area (Å²) in [5.74, 6) is 0.753. The Morgan fingerprint density at radius 2 is 1.82 bits per heavy atom. The van der Waals surface area contributed by atoms with Crippen molar-refractivity contribution in [2.75, 3.05) is 27.2 Å². The van der Waals surface area contributed by atoms with Crippen molar-refractivity contribution >= 4 is 24.8 Å². The lowest BCUT2D eigenvalue weighted by Gasteiger charge is -2.11. The van der Waals surface area contributed by atoms with Crippen LogP contribution in [-0.2, 0) is 6.54 Å². The van der Waals surface area contributed by atoms with Crippen LogP contribution in [0.2, 0.25) is 0 Å². The summed E-state index contributed by atoms with van der Waals surface area (Å²) in [6.07, 6.45) is 3.32. The molecule has 0 bridgehead atoms. The Balaban J connectivity index is 0.00000220. The van der Waals surface area contributed by atoms with Crippen LogP contribution in [0, 0.1) is 0 Å². The highest BCUT2D eigenvalue weighted by atomic mass is 35.5. The van der Waals surface area contributed by atoms with E-state index < -0.39 is 0 Å². The van der Waals surface area contributed by atoms with Gasteiger partial charge in [-0.05, 0) is 37.9 Å². The van der Waals surface area contributed by atoms with Gasteiger partial charge in [0.1, 0.15) is 5.75 Å². The molecule has 0 saturated heterocycles. The quantitative estimate of drug-likeness (QED) is 0.782. The molecule has 0 atom stereocenters. The summed E-state index contributed by atoms with van der Waals surface area (Å²) in [7, 11) is 4.13. The smallest absolute Gasteiger partial charge is 0.321 e. The fourth-order valence-corrected chi connectivity index (χ4v) is 1.70. The zero-order valence-electron chi connectivity index (χ0n) is 12.7. The molecule has 0 saturated carbocycles. The van der Waals surface area contributed by atoms with Crippen molar-refractivity contribution in [1.82, 2.24) is 20.2 Å². The van der Waals surface area contributed by atoms with Gasteiger partial charge in [-0.25, -0.2) is 9.97 Å². The van der Waals surface area contributed by atoms with Gasteiger partial charge < -0.3 is 15.0 Å². The predicted octanol–water partition coefficient (Wildman–Crippen LogP) is 2.76. The lowest BCUT2D eigenvalue weighted by Crippen LogP contribution is -2.26. The van der Waals surface area contributed by atoms with Crippen LogP contribution >= 0.6 is 24.8 Å². The zero-order valence-corrected chi connectivity index (χ0v) is 14.4. The number of nitrogens with one attached hydrogen (secondary N) is 1. The van der Waals surface area contributed by atoms with Gasteiger partial charge in [-0.2, -0.15) is 0 Å². The van der Waals surface area contributed by atoms with Crippen molar-refractivity contribution in [3.63, 3.8) is 0 Å². The van der Waals surface area contributed by atoms with E-state index in [1.54, 1.807) is 18.5 Å². The molecule has 1 aromatic carbocycles. The van der Waals surface area contributed by atoms with Gasteiger partial charge in [0, 0.05) is 32.0 Å². The predicted molar refractivity (Wildman–Crippen MR) is 93.3 cm³/mol. The van der Waals surface area contributed by atoms with Crippen molar-refractivity contribution in [2.45, 2.75) is 6.54 Å². The highest BCUT2D eigenvalue weighted by Gasteiger charge is 2.00. The second-order valence-corrected chi connectivity index (χ2v) is 4.76. The van der Waals surface area contributed by atoms with E-state index in [2.05, 4.69) is 40.3 Å². The number of halogens is 2. The topological polar surface area (TPSA) is 50.3 Å². The Morgan fingerprint density at radius 1 is 1.09 bits per heavy atom. The largest absolute Gasteiger partial charge is 0.424 e. The minimum absolute atomic E-state index is 0. The van der Waals surface area contributed by atoms with E-state index in [0.717, 1.165) is 25.4 Å². The van der Waals surface area contributed by atoms with Gasteiger partial charge in [0.2, 0.25) is 0 Å². The van der Waals surface area contributed by atoms with Gasteiger partial charge in [-0.3, -0.25) is 0 Å². The number of likely N-dealkylation sites (N-methyl/N-ethyl adjacent to an activating group) is 1. The number of rotatable bonds is 7. The van der Waals surface area contributed by atoms with Gasteiger partial charge >= 0.3 is 6.01 Å². The summed E-state index contributed by atoms with van der Waals surface area (Å²) >= 11 is 0. The summed E-state index contributed by atoms with van der Waals surface area (Å²) in [5, 5.41) is 3.40. The molecule has 0 aliphatic heterocycles. The molecule has 122 valence electrons. The fraction of sp³-hybridized carbons (Fsp3) is 0.333. The Morgan fingerprint density at radius 3 is 2.50 bits per heavy atom. The summed E-state index contributed by atoms with van der Waals surface area (Å²) < 4.78 is 5.61. The summed E-state index contributed by atoms with van der Waals surface area (Å²) in [6, 6.07) is 10.1. The summed E-state index contributed by atoms with van der Waals surface area (Å²) in [4.78, 5) is 10.2. The molecule has 0 amide bonds. The van der Waals surface area contributed by atoms with Gasteiger partial charge in [-0.1, -0.05) is 12.1 Å². The Kier molecular flexibility index (Phi) is 10.5. The first-order valence-corrected chi connectivity index (χ1v) is 6.63. The highest BCUT2D eigenvalue weighted by molar-refractivity contribution is 5.85. The van der Waals surface area contributed by atoms with Gasteiger partial charge in [0.25, 0.3) is 0 Å². The second kappa shape index (κ2) is 11.2. The molecule has 5 nitrogen and oxygen atoms in total. The van der Waals surface area contributed by atoms with Crippen LogP contribution in [0.3, 0.4) is 0 Å². The molecule has 1 N–H and O–H groups in total. The minimum atomic E-state index is 0. The third-order valence-electron chi connectivity index (χ3n) is 2.71. The molecule has 0 aliphatic rings. The van der Waals surface area contributed by atoms with Gasteiger partial charge in [0.15, 0.2) is 0 Å². The molecule has 1 aromatic heterocycles. The number of hydrogen-bond acceptors (Lipinski definition) is 5. The van der Waals surface area contributed by atoms with E-state index in [1.165, 1.54) is 5.56 Å². The van der Waals surface area contributed by atoms with E-state index in [4.69, 9.17) is 4.74 Å². The van der Waals surface area contributed by atoms with Crippen LogP contribution in [0.1, 0.15) is 5.56 Å². The molecule has 0 unspecified atom stereocenters. The van der Waals surface area contributed by atoms with Crippen LogP contribution < -0.4 is 10.1 Å². The Labute approximate surface area is 143 Å². The van der Waals surface area contributed by atoms with E-state index in [1.807, 2.05) is 18.2 Å². The average Bonchev–Trinajstić information content (AvgIpc) is 2.45. The molecule has 0 radical (unpaired) electrons. The van der Waals surface area contributed by atoms with Gasteiger partial charge in [-0.15, -0.1) is 24.8 Å². The molecule has 2 rings (SSSR count). The molecule has 7 heteroatoms. The second-order valence-electron chi connectivity index (χ2n) is 4.76. The maximum atomic E-state index is 5.61. The van der Waals surface area contributed by atoms with Crippen LogP contribution in [0.15, 0.2) is 42.7 Å². The van der Waals surface area contributed by atoms with Gasteiger partial charge in [0.05, 0.1) is 0 Å². The molecule has 22 heavy (non-hydrogen) atoms. The first-order valence-electron chi connectivity index (χ1n) is 6.63. The van der Waals surface area contributed by atoms with Crippen LogP contribution in [-0.4, -0.2) is 42.1 Å². The van der Waals surface area contributed by atoms with Crippen molar-refractivity contribution in [2.24, 2.45) is 0 Å². The normalized spacial score (nSPS) is 9.77. The summed E-state index contributed by atoms with van der Waals surface area (Å²) in [5.41, 5.74) is 1.18. The van der Waals surface area contributed by atoms with E-state index in [0.29, 0.717) is 6.01 Å². The highest BCUT2D eigenvalue weighted by Crippen LogP contribution is 2.18. The van der Waals surface area contributed by atoms with Crippen molar-refractivity contribution < 1.29 is 4.74 Å². The SMILES string of the molecule is CN(C)CCNCc1cccc(Oc2ncccn2)c1.Cl.Cl. The number of benzene rings is 1. The third kappa shape index (κ3) is 7.56. The summed E-state index contributed by atoms with van der Waals surface area (Å²) in [6.45, 7) is 2.80. The first-order chi connectivity index (χ1) is 9.74. The number of aromatic nitrogens is 2. The first kappa shape index (κ1) is 20.6. The molecule has 1 heterocycles. The molecule has 0 aliphatic carbocycles. The van der Waals surface area contributed by atoms with Crippen molar-refractivity contribution in [1.29, 1.82) is 0 Å². The monoisotopic (exact) mass is 344 g/mol. The Bertz CT molecular complexity index is 526. The van der Waals surface area contributed by atoms with Crippen molar-refractivity contribution in [3.05, 3.63) is 48.3 Å². The molecule has 0 spiro atoms. The van der Waals surface area contributed by atoms with E-state index in [9.17, 15) is 0 Å². The standard InChI is InChI=1S/C15H20N4O.2ClH/c1-19(2)10-9-16-12-13-5-3-6-14(11-13)20-15-17-7-4-8-18-15;;/h3-8,11,16H,9-10,12H2,1-2H3;2*1H. The number of hydrogen-bond donors (Lipinski definition) is 1. The lowest BCUT2D eigenvalue weighted by atomic mass is 10.2. The number of nitrogens with zero attached hydrogens (tertiary/aromatic N) is 3. The Hall–Kier alpha value is -1.40. The lowest BCUT2D eigenvalue weighted by molar-refractivity contribution is 0.399. The van der Waals surface area contributed by atoms with E-state index in [-0.39, 0.29) is 24.8 Å². The molecule has 2 aromatic rings. The van der Waals surface area contributed by atoms with Crippen LogP contribution in [0.5, 0.6) is 11.8 Å². The fourth-order valence-electron chi connectivity index (χ4n) is 1.70. The molecular weight excluding hydrogens is 323 g/mol. The molecular formula is C15H22Cl2N4O. The number of ether oxygens (including phenoxy) is 1. The third-order valence-corrected chi connectivity index (χ3v) is 2.71. The van der Waals surface area contributed by atoms with Crippen LogP contribution in [0.4, 0.5) is 0 Å². The average molecular weight is 345 g/mol. The zero-order chi connectivity index (χ0) is 14.2.